The van der Waals surface area contributed by atoms with Crippen LogP contribution in [0.2, 0.25) is 0 Å². The van der Waals surface area contributed by atoms with E-state index in [0.717, 1.165) is 46.3 Å². The molecule has 0 spiro atoms. The summed E-state index contributed by atoms with van der Waals surface area (Å²) < 4.78 is 19.2. The van der Waals surface area contributed by atoms with Gasteiger partial charge in [0.25, 0.3) is 0 Å². The van der Waals surface area contributed by atoms with Crippen molar-refractivity contribution in [2.75, 3.05) is 30.1 Å². The molecule has 0 radical (unpaired) electrons. The Labute approximate surface area is 186 Å². The highest BCUT2D eigenvalue weighted by atomic mass is 32.2. The van der Waals surface area contributed by atoms with Crippen LogP contribution in [0.1, 0.15) is 31.7 Å². The zero-order valence-corrected chi connectivity index (χ0v) is 19.0. The van der Waals surface area contributed by atoms with Crippen LogP contribution in [0.5, 0.6) is 5.75 Å². The first-order valence-corrected chi connectivity index (χ1v) is 12.3. The summed E-state index contributed by atoms with van der Waals surface area (Å²) in [4.78, 5) is 14.3. The molecule has 0 saturated carbocycles. The zero-order chi connectivity index (χ0) is 21.5. The molecule has 3 rings (SSSR count). The van der Waals surface area contributed by atoms with E-state index in [4.69, 9.17) is 9.84 Å². The van der Waals surface area contributed by atoms with Crippen LogP contribution in [0.25, 0.3) is 0 Å². The van der Waals surface area contributed by atoms with Gasteiger partial charge in [-0.15, -0.1) is 23.5 Å². The lowest BCUT2D eigenvalue weighted by atomic mass is 10.0. The Balaban J connectivity index is 1.96. The highest BCUT2D eigenvalue weighted by molar-refractivity contribution is 7.99. The molecule has 162 valence electrons. The number of nitrogens with zero attached hydrogens (tertiary/aromatic N) is 1. The molecule has 1 heterocycles. The largest absolute Gasteiger partial charge is 0.496 e. The molecule has 0 bridgehead atoms. The van der Waals surface area contributed by atoms with E-state index in [9.17, 15) is 9.18 Å². The minimum absolute atomic E-state index is 0.0637. The summed E-state index contributed by atoms with van der Waals surface area (Å²) >= 11 is 3.21. The lowest BCUT2D eigenvalue weighted by Gasteiger charge is -2.28. The van der Waals surface area contributed by atoms with E-state index >= 15 is 0 Å². The summed E-state index contributed by atoms with van der Waals surface area (Å²) in [6.07, 6.45) is 3.52. The number of carboxylic acids is 1. The molecule has 0 saturated heterocycles. The predicted octanol–water partition coefficient (Wildman–Crippen LogP) is 6.20. The smallest absolute Gasteiger partial charge is 0.313 e. The van der Waals surface area contributed by atoms with Crippen molar-refractivity contribution in [3.05, 3.63) is 47.8 Å². The van der Waals surface area contributed by atoms with Crippen molar-refractivity contribution in [1.29, 1.82) is 0 Å². The molecule has 1 unspecified atom stereocenters. The maximum absolute atomic E-state index is 13.5. The quantitative estimate of drug-likeness (QED) is 0.492. The van der Waals surface area contributed by atoms with E-state index in [0.29, 0.717) is 11.7 Å². The van der Waals surface area contributed by atoms with Gasteiger partial charge >= 0.3 is 5.97 Å². The lowest BCUT2D eigenvalue weighted by molar-refractivity contribution is -0.133. The lowest BCUT2D eigenvalue weighted by Crippen LogP contribution is -2.25. The van der Waals surface area contributed by atoms with E-state index in [-0.39, 0.29) is 11.6 Å². The van der Waals surface area contributed by atoms with Gasteiger partial charge in [0.05, 0.1) is 18.6 Å². The number of thioether (sulfide) groups is 2. The summed E-state index contributed by atoms with van der Waals surface area (Å²) in [5, 5.41) is 8.94. The van der Waals surface area contributed by atoms with Gasteiger partial charge in [0.15, 0.2) is 0 Å². The third kappa shape index (κ3) is 5.85. The van der Waals surface area contributed by atoms with Crippen LogP contribution in [0, 0.1) is 11.7 Å². The number of rotatable bonds is 9. The van der Waals surface area contributed by atoms with Gasteiger partial charge in [0, 0.05) is 40.3 Å². The Morgan fingerprint density at radius 3 is 2.77 bits per heavy atom. The fourth-order valence-corrected chi connectivity index (χ4v) is 5.57. The number of hydrogen-bond donors (Lipinski definition) is 1. The number of halogens is 1. The van der Waals surface area contributed by atoms with Gasteiger partial charge in [0.1, 0.15) is 11.6 Å². The SMILES string of the molecule is CCCCC1CSc2cc(CSCC(=O)O)c(OC)cc2N(c2ccc(F)cc2)C1. The van der Waals surface area contributed by atoms with Crippen molar-refractivity contribution in [2.24, 2.45) is 5.92 Å². The average molecular weight is 450 g/mol. The molecule has 1 N–H and O–H groups in total. The second-order valence-electron chi connectivity index (χ2n) is 7.42. The average Bonchev–Trinajstić information content (AvgIpc) is 2.91. The van der Waals surface area contributed by atoms with Crippen molar-refractivity contribution in [2.45, 2.75) is 36.8 Å². The normalized spacial score (nSPS) is 16.1. The molecule has 2 aromatic carbocycles. The molecule has 0 aromatic heterocycles. The maximum atomic E-state index is 13.5. The van der Waals surface area contributed by atoms with Gasteiger partial charge in [0.2, 0.25) is 0 Å². The topological polar surface area (TPSA) is 49.8 Å². The predicted molar refractivity (Wildman–Crippen MR) is 124 cm³/mol. The number of hydrogen-bond acceptors (Lipinski definition) is 5. The van der Waals surface area contributed by atoms with Crippen LogP contribution < -0.4 is 9.64 Å². The molecule has 0 aliphatic carbocycles. The second kappa shape index (κ2) is 11.0. The first-order chi connectivity index (χ1) is 14.5. The van der Waals surface area contributed by atoms with Crippen LogP contribution in [-0.4, -0.2) is 36.2 Å². The van der Waals surface area contributed by atoms with Gasteiger partial charge in [-0.2, -0.15) is 0 Å². The minimum Gasteiger partial charge on any atom is -0.496 e. The molecule has 0 fully saturated rings. The fourth-order valence-electron chi connectivity index (χ4n) is 3.62. The molecule has 1 aliphatic heterocycles. The van der Waals surface area contributed by atoms with Crippen LogP contribution in [0.15, 0.2) is 41.3 Å². The fraction of sp³-hybridized carbons (Fsp3) is 0.435. The van der Waals surface area contributed by atoms with E-state index in [1.807, 2.05) is 30.0 Å². The van der Waals surface area contributed by atoms with Gasteiger partial charge < -0.3 is 14.7 Å². The number of carboxylic acid groups (broad SMARTS) is 1. The Kier molecular flexibility index (Phi) is 8.33. The van der Waals surface area contributed by atoms with E-state index in [2.05, 4.69) is 17.9 Å². The summed E-state index contributed by atoms with van der Waals surface area (Å²) in [6.45, 7) is 3.09. The van der Waals surface area contributed by atoms with E-state index < -0.39 is 5.97 Å². The standard InChI is InChI=1S/C23H28FNO3S2/c1-3-4-5-16-12-25(19-8-6-18(24)7-9-19)20-11-21(28-2)17(10-22(20)30-13-16)14-29-15-23(26)27/h6-11,16H,3-5,12-15H2,1-2H3,(H,26,27). The molecular formula is C23H28FNO3S2. The number of aliphatic carboxylic acids is 1. The Hall–Kier alpha value is -1.86. The third-order valence-corrected chi connectivity index (χ3v) is 7.40. The van der Waals surface area contributed by atoms with Crippen LogP contribution in [0.3, 0.4) is 0 Å². The molecule has 2 aromatic rings. The van der Waals surface area contributed by atoms with Crippen molar-refractivity contribution in [3.63, 3.8) is 0 Å². The number of methoxy groups -OCH3 is 1. The summed E-state index contributed by atoms with van der Waals surface area (Å²) in [7, 11) is 1.64. The van der Waals surface area contributed by atoms with E-state index in [1.54, 1.807) is 7.11 Å². The maximum Gasteiger partial charge on any atom is 0.313 e. The highest BCUT2D eigenvalue weighted by Gasteiger charge is 2.25. The minimum atomic E-state index is -0.815. The van der Waals surface area contributed by atoms with Crippen LogP contribution in [0.4, 0.5) is 15.8 Å². The number of carbonyl (C=O) groups is 1. The first-order valence-electron chi connectivity index (χ1n) is 10.2. The van der Waals surface area contributed by atoms with Crippen molar-refractivity contribution in [1.82, 2.24) is 0 Å². The highest BCUT2D eigenvalue weighted by Crippen LogP contribution is 2.44. The van der Waals surface area contributed by atoms with Gasteiger partial charge in [-0.1, -0.05) is 19.8 Å². The second-order valence-corrected chi connectivity index (χ2v) is 9.47. The molecule has 7 heteroatoms. The van der Waals surface area contributed by atoms with E-state index in [1.165, 1.54) is 36.7 Å². The number of ether oxygens (including phenoxy) is 1. The summed E-state index contributed by atoms with van der Waals surface area (Å²) in [5.74, 6) is 1.90. The number of unbranched alkanes of at least 4 members (excludes halogenated alkanes) is 1. The number of fused-ring (bicyclic) bond motifs is 1. The molecule has 4 nitrogen and oxygen atoms in total. The summed E-state index contributed by atoms with van der Waals surface area (Å²) in [6, 6.07) is 10.8. The Morgan fingerprint density at radius 1 is 1.33 bits per heavy atom. The van der Waals surface area contributed by atoms with Gasteiger partial charge in [-0.25, -0.2) is 4.39 Å². The molecule has 1 atom stereocenters. The van der Waals surface area contributed by atoms with Crippen molar-refractivity contribution in [3.8, 4) is 5.75 Å². The zero-order valence-electron chi connectivity index (χ0n) is 17.4. The van der Waals surface area contributed by atoms with Crippen LogP contribution >= 0.6 is 23.5 Å². The third-order valence-electron chi connectivity index (χ3n) is 5.16. The molecule has 30 heavy (non-hydrogen) atoms. The monoisotopic (exact) mass is 449 g/mol. The Bertz CT molecular complexity index is 860. The van der Waals surface area contributed by atoms with Crippen LogP contribution in [-0.2, 0) is 10.5 Å². The van der Waals surface area contributed by atoms with Gasteiger partial charge in [-0.3, -0.25) is 4.79 Å². The summed E-state index contributed by atoms with van der Waals surface area (Å²) in [5.41, 5.74) is 3.03. The number of anilines is 2. The van der Waals surface area contributed by atoms with Crippen molar-refractivity contribution < 1.29 is 19.0 Å². The molecular weight excluding hydrogens is 421 g/mol. The molecule has 0 amide bonds. The van der Waals surface area contributed by atoms with Crippen molar-refractivity contribution >= 4 is 40.9 Å². The molecule has 1 aliphatic rings. The number of benzene rings is 2. The van der Waals surface area contributed by atoms with Gasteiger partial charge in [-0.05, 0) is 42.7 Å². The Morgan fingerprint density at radius 2 is 2.10 bits per heavy atom. The first kappa shape index (κ1) is 22.8.